The molecule has 1 unspecified atom stereocenters. The van der Waals surface area contributed by atoms with Crippen LogP contribution in [-0.4, -0.2) is 36.8 Å². The zero-order valence-corrected chi connectivity index (χ0v) is 17.9. The Kier molecular flexibility index (Phi) is 7.78. The molecule has 1 aromatic carbocycles. The van der Waals surface area contributed by atoms with E-state index in [-0.39, 0.29) is 18.6 Å². The first-order valence-corrected chi connectivity index (χ1v) is 11.3. The lowest BCUT2D eigenvalue weighted by molar-refractivity contribution is 0.0682. The lowest BCUT2D eigenvalue weighted by atomic mass is 9.62. The second-order valence-electron chi connectivity index (χ2n) is 8.99. The molecule has 1 atom stereocenters. The summed E-state index contributed by atoms with van der Waals surface area (Å²) in [4.78, 5) is 12.8. The summed E-state index contributed by atoms with van der Waals surface area (Å²) < 4.78 is 0. The lowest BCUT2D eigenvalue weighted by Crippen LogP contribution is -2.43. The maximum absolute atomic E-state index is 12.8. The normalized spacial score (nSPS) is 25.3. The van der Waals surface area contributed by atoms with E-state index in [0.717, 1.165) is 37.4 Å². The van der Waals surface area contributed by atoms with Crippen molar-refractivity contribution < 1.29 is 9.90 Å². The van der Waals surface area contributed by atoms with Gasteiger partial charge in [0.1, 0.15) is 0 Å². The highest BCUT2D eigenvalue weighted by Gasteiger charge is 2.39. The fraction of sp³-hybridized carbons (Fsp3) is 0.696. The quantitative estimate of drug-likeness (QED) is 0.535. The van der Waals surface area contributed by atoms with Crippen LogP contribution in [0.5, 0.6) is 0 Å². The van der Waals surface area contributed by atoms with Crippen molar-refractivity contribution in [1.82, 2.24) is 10.6 Å². The van der Waals surface area contributed by atoms with Crippen LogP contribution in [0.2, 0.25) is 5.02 Å². The van der Waals surface area contributed by atoms with Crippen molar-refractivity contribution in [3.63, 3.8) is 0 Å². The largest absolute Gasteiger partial charge is 0.395 e. The topological polar surface area (TPSA) is 61.4 Å². The Labute approximate surface area is 174 Å². The SMILES string of the molecule is CC(CO)NCCCc1ccc(Cl)c(C(=O)NCC23CCCC(CCC2)C3)c1. The molecule has 0 aromatic heterocycles. The number of fused-ring (bicyclic) bond motifs is 2. The Bertz CT molecular complexity index is 654. The van der Waals surface area contributed by atoms with Crippen molar-refractivity contribution in [2.75, 3.05) is 19.7 Å². The summed E-state index contributed by atoms with van der Waals surface area (Å²) in [6.07, 6.45) is 11.0. The second-order valence-corrected chi connectivity index (χ2v) is 9.40. The first-order valence-electron chi connectivity index (χ1n) is 10.9. The van der Waals surface area contributed by atoms with E-state index in [9.17, 15) is 4.79 Å². The summed E-state index contributed by atoms with van der Waals surface area (Å²) in [5.41, 5.74) is 2.03. The fourth-order valence-electron chi connectivity index (χ4n) is 5.04. The summed E-state index contributed by atoms with van der Waals surface area (Å²) >= 11 is 6.34. The molecular formula is C23H35ClN2O2. The molecule has 1 aromatic rings. The highest BCUT2D eigenvalue weighted by atomic mass is 35.5. The van der Waals surface area contributed by atoms with E-state index in [1.54, 1.807) is 0 Å². The number of hydrogen-bond acceptors (Lipinski definition) is 3. The minimum Gasteiger partial charge on any atom is -0.395 e. The van der Waals surface area contributed by atoms with Crippen LogP contribution in [0.1, 0.15) is 74.2 Å². The lowest BCUT2D eigenvalue weighted by Gasteiger charge is -2.45. The summed E-state index contributed by atoms with van der Waals surface area (Å²) in [7, 11) is 0. The number of carbonyl (C=O) groups excluding carboxylic acids is 1. The number of carbonyl (C=O) groups is 1. The average molecular weight is 407 g/mol. The van der Waals surface area contributed by atoms with Crippen LogP contribution in [0.15, 0.2) is 18.2 Å². The zero-order valence-electron chi connectivity index (χ0n) is 17.1. The number of halogens is 1. The Morgan fingerprint density at radius 3 is 2.79 bits per heavy atom. The molecule has 4 nitrogen and oxygen atoms in total. The molecule has 0 aliphatic heterocycles. The predicted molar refractivity (Wildman–Crippen MR) is 115 cm³/mol. The van der Waals surface area contributed by atoms with Crippen LogP contribution in [0.25, 0.3) is 0 Å². The van der Waals surface area contributed by atoms with Crippen LogP contribution < -0.4 is 10.6 Å². The van der Waals surface area contributed by atoms with E-state index in [2.05, 4.69) is 10.6 Å². The molecule has 156 valence electrons. The fourth-order valence-corrected chi connectivity index (χ4v) is 5.24. The highest BCUT2D eigenvalue weighted by Crippen LogP contribution is 2.48. The van der Waals surface area contributed by atoms with E-state index in [4.69, 9.17) is 16.7 Å². The molecule has 28 heavy (non-hydrogen) atoms. The summed E-state index contributed by atoms with van der Waals surface area (Å²) in [5, 5.41) is 16.1. The van der Waals surface area contributed by atoms with Crippen LogP contribution in [0.4, 0.5) is 0 Å². The van der Waals surface area contributed by atoms with E-state index >= 15 is 0 Å². The van der Waals surface area contributed by atoms with Gasteiger partial charge >= 0.3 is 0 Å². The van der Waals surface area contributed by atoms with Crippen LogP contribution in [0.3, 0.4) is 0 Å². The van der Waals surface area contributed by atoms with Crippen molar-refractivity contribution in [1.29, 1.82) is 0 Å². The van der Waals surface area contributed by atoms with Crippen molar-refractivity contribution in [3.8, 4) is 0 Å². The van der Waals surface area contributed by atoms with Gasteiger partial charge in [0.25, 0.3) is 5.91 Å². The molecule has 3 N–H and O–H groups in total. The van der Waals surface area contributed by atoms with Gasteiger partial charge < -0.3 is 15.7 Å². The molecule has 0 heterocycles. The predicted octanol–water partition coefficient (Wildman–Crippen LogP) is 4.33. The molecular weight excluding hydrogens is 372 g/mol. The maximum atomic E-state index is 12.8. The highest BCUT2D eigenvalue weighted by molar-refractivity contribution is 6.33. The number of aliphatic hydroxyl groups is 1. The molecule has 2 saturated carbocycles. The molecule has 2 fully saturated rings. The van der Waals surface area contributed by atoms with Gasteiger partial charge in [-0.1, -0.05) is 43.4 Å². The Balaban J connectivity index is 1.54. The van der Waals surface area contributed by atoms with E-state index in [1.165, 1.54) is 44.9 Å². The van der Waals surface area contributed by atoms with Gasteiger partial charge in [0.15, 0.2) is 0 Å². The Hall–Kier alpha value is -1.10. The third-order valence-electron chi connectivity index (χ3n) is 6.67. The zero-order chi connectivity index (χ0) is 20.0. The molecule has 0 spiro atoms. The number of hydrogen-bond donors (Lipinski definition) is 3. The summed E-state index contributed by atoms with van der Waals surface area (Å²) in [6, 6.07) is 5.89. The average Bonchev–Trinajstić information content (AvgIpc) is 2.70. The van der Waals surface area contributed by atoms with Gasteiger partial charge in [0, 0.05) is 12.6 Å². The Morgan fingerprint density at radius 2 is 2.07 bits per heavy atom. The monoisotopic (exact) mass is 406 g/mol. The van der Waals surface area contributed by atoms with Crippen LogP contribution >= 0.6 is 11.6 Å². The minimum absolute atomic E-state index is 0.0408. The third kappa shape index (κ3) is 5.71. The van der Waals surface area contributed by atoms with E-state index < -0.39 is 0 Å². The van der Waals surface area contributed by atoms with Crippen LogP contribution in [-0.2, 0) is 6.42 Å². The van der Waals surface area contributed by atoms with Gasteiger partial charge in [-0.3, -0.25) is 4.79 Å². The van der Waals surface area contributed by atoms with E-state index in [0.29, 0.717) is 16.0 Å². The first kappa shape index (κ1) is 21.6. The van der Waals surface area contributed by atoms with Gasteiger partial charge in [-0.15, -0.1) is 0 Å². The van der Waals surface area contributed by atoms with Gasteiger partial charge in [-0.05, 0) is 74.6 Å². The molecule has 0 radical (unpaired) electrons. The molecule has 2 aliphatic carbocycles. The van der Waals surface area contributed by atoms with E-state index in [1.807, 2.05) is 25.1 Å². The number of benzene rings is 1. The van der Waals surface area contributed by atoms with Gasteiger partial charge in [-0.25, -0.2) is 0 Å². The number of nitrogens with one attached hydrogen (secondary N) is 2. The number of amides is 1. The molecule has 3 rings (SSSR count). The molecule has 5 heteroatoms. The summed E-state index contributed by atoms with van der Waals surface area (Å²) in [5.74, 6) is 0.828. The van der Waals surface area contributed by atoms with Gasteiger partial charge in [0.2, 0.25) is 0 Å². The van der Waals surface area contributed by atoms with Crippen molar-refractivity contribution in [3.05, 3.63) is 34.3 Å². The standard InChI is InChI=1S/C23H35ClN2O2/c1-17(15-27)25-12-4-7-18-8-9-21(24)20(13-18)22(28)26-16-23-10-2-5-19(14-23)6-3-11-23/h8-9,13,17,19,25,27H,2-7,10-12,14-16H2,1H3,(H,26,28). The smallest absolute Gasteiger partial charge is 0.252 e. The second kappa shape index (κ2) is 10.1. The number of aliphatic hydroxyl groups excluding tert-OH is 1. The molecule has 0 saturated heterocycles. The van der Waals surface area contributed by atoms with Crippen LogP contribution in [0, 0.1) is 11.3 Å². The number of aryl methyl sites for hydroxylation is 1. The minimum atomic E-state index is -0.0408. The molecule has 1 amide bonds. The van der Waals surface area contributed by atoms with Crippen molar-refractivity contribution >= 4 is 17.5 Å². The van der Waals surface area contributed by atoms with Gasteiger partial charge in [0.05, 0.1) is 17.2 Å². The maximum Gasteiger partial charge on any atom is 0.252 e. The molecule has 2 bridgehead atoms. The van der Waals surface area contributed by atoms with Crippen molar-refractivity contribution in [2.45, 2.75) is 70.8 Å². The first-order chi connectivity index (χ1) is 13.5. The van der Waals surface area contributed by atoms with Gasteiger partial charge in [-0.2, -0.15) is 0 Å². The number of rotatable bonds is 9. The Morgan fingerprint density at radius 1 is 1.32 bits per heavy atom. The molecule has 2 aliphatic rings. The summed E-state index contributed by atoms with van der Waals surface area (Å²) in [6.45, 7) is 3.74. The van der Waals surface area contributed by atoms with Crippen molar-refractivity contribution in [2.24, 2.45) is 11.3 Å². The third-order valence-corrected chi connectivity index (χ3v) is 7.00.